The monoisotopic (exact) mass is 716 g/mol. The third-order valence-electron chi connectivity index (χ3n) is 4.90. The lowest BCUT2D eigenvalue weighted by atomic mass is 10.1. The number of rotatable bonds is 7. The summed E-state index contributed by atoms with van der Waals surface area (Å²) in [5.41, 5.74) is 1.67. The number of nitro benzene ring substituents is 1. The fourth-order valence-corrected chi connectivity index (χ4v) is 4.72. The first kappa shape index (κ1) is 25.4. The topological polar surface area (TPSA) is 100 Å². The molecule has 0 amide bonds. The zero-order valence-corrected chi connectivity index (χ0v) is 23.0. The van der Waals surface area contributed by atoms with Crippen molar-refractivity contribution in [3.63, 3.8) is 0 Å². The number of halogens is 3. The molecule has 0 N–H and O–H groups in total. The van der Waals surface area contributed by atoms with Crippen LogP contribution in [0.5, 0.6) is 11.5 Å². The molecule has 35 heavy (non-hydrogen) atoms. The van der Waals surface area contributed by atoms with Crippen molar-refractivity contribution in [2.75, 3.05) is 7.11 Å². The maximum absolute atomic E-state index is 12.4. The summed E-state index contributed by atoms with van der Waals surface area (Å²) in [7, 11) is 1.53. The third kappa shape index (κ3) is 5.76. The minimum atomic E-state index is -0.699. The molecule has 0 atom stereocenters. The Bertz CT molecular complexity index is 1410. The minimum absolute atomic E-state index is 0.0212. The van der Waals surface area contributed by atoms with Crippen LogP contribution in [-0.2, 0) is 16.1 Å². The van der Waals surface area contributed by atoms with Gasteiger partial charge in [0.1, 0.15) is 6.61 Å². The number of carbonyl (C=O) groups is 1. The van der Waals surface area contributed by atoms with Gasteiger partial charge in [-0.15, -0.1) is 0 Å². The number of non-ortho nitro benzene ring substituents is 1. The van der Waals surface area contributed by atoms with Crippen molar-refractivity contribution in [1.82, 2.24) is 0 Å². The van der Waals surface area contributed by atoms with Crippen molar-refractivity contribution in [1.29, 1.82) is 0 Å². The third-order valence-corrected chi connectivity index (χ3v) is 7.08. The summed E-state index contributed by atoms with van der Waals surface area (Å²) in [5, 5.41) is 11.3. The van der Waals surface area contributed by atoms with Crippen molar-refractivity contribution in [2.45, 2.75) is 6.61 Å². The summed E-state index contributed by atoms with van der Waals surface area (Å²) in [4.78, 5) is 27.2. The number of cyclic esters (lactones) is 1. The Balaban J connectivity index is 1.63. The zero-order valence-electron chi connectivity index (χ0n) is 18.0. The fraction of sp³-hybridized carbons (Fsp3) is 0.0833. The van der Waals surface area contributed by atoms with Gasteiger partial charge in [0.25, 0.3) is 5.69 Å². The zero-order chi connectivity index (χ0) is 25.1. The van der Waals surface area contributed by atoms with Gasteiger partial charge in [0.15, 0.2) is 17.2 Å². The Morgan fingerprint density at radius 1 is 1.14 bits per heavy atom. The van der Waals surface area contributed by atoms with Crippen LogP contribution in [0, 0.1) is 17.3 Å². The first-order valence-electron chi connectivity index (χ1n) is 9.97. The van der Waals surface area contributed by atoms with Gasteiger partial charge in [-0.2, -0.15) is 0 Å². The van der Waals surface area contributed by atoms with Crippen molar-refractivity contribution >= 4 is 80.4 Å². The van der Waals surface area contributed by atoms with Crippen molar-refractivity contribution in [3.05, 3.63) is 99.3 Å². The van der Waals surface area contributed by atoms with E-state index in [2.05, 4.69) is 50.2 Å². The van der Waals surface area contributed by atoms with E-state index >= 15 is 0 Å². The van der Waals surface area contributed by atoms with E-state index in [1.807, 2.05) is 30.3 Å². The Kier molecular flexibility index (Phi) is 7.91. The van der Waals surface area contributed by atoms with Crippen molar-refractivity contribution < 1.29 is 23.9 Å². The first-order chi connectivity index (χ1) is 16.8. The van der Waals surface area contributed by atoms with E-state index in [1.54, 1.807) is 6.07 Å². The van der Waals surface area contributed by atoms with E-state index in [0.717, 1.165) is 12.7 Å². The molecule has 0 fully saturated rings. The molecule has 3 aromatic carbocycles. The Labute approximate surface area is 232 Å². The van der Waals surface area contributed by atoms with Gasteiger partial charge in [-0.3, -0.25) is 10.1 Å². The highest BCUT2D eigenvalue weighted by atomic mass is 127. The number of aliphatic imine (C=N–C) groups is 1. The SMILES string of the molecule is COc1cc(/C=C2\N=C(c3cc([N+](=O)[O-])ccc3Cl)OC2=O)cc(I)c1OCc1ccccc1I. The Morgan fingerprint density at radius 3 is 2.63 bits per heavy atom. The van der Waals surface area contributed by atoms with Gasteiger partial charge in [-0.1, -0.05) is 29.8 Å². The quantitative estimate of drug-likeness (QED) is 0.0925. The second-order valence-electron chi connectivity index (χ2n) is 7.17. The largest absolute Gasteiger partial charge is 0.493 e. The number of ether oxygens (including phenoxy) is 3. The highest BCUT2D eigenvalue weighted by Crippen LogP contribution is 2.36. The molecule has 1 aliphatic rings. The smallest absolute Gasteiger partial charge is 0.363 e. The standard InChI is InChI=1S/C24H15ClI2N2O6/c1-33-21-10-13(8-19(27)22(21)34-12-14-4-2-3-5-18(14)26)9-20-24(30)35-23(28-20)16-11-15(29(31)32)6-7-17(16)25/h2-11H,12H2,1H3/b20-9-. The van der Waals surface area contributed by atoms with Crippen LogP contribution in [-0.4, -0.2) is 23.9 Å². The molecule has 4 rings (SSSR count). The Hall–Kier alpha value is -2.71. The molecule has 0 saturated carbocycles. The normalized spacial score (nSPS) is 14.0. The van der Waals surface area contributed by atoms with Gasteiger partial charge in [0.05, 0.1) is 26.2 Å². The fourth-order valence-electron chi connectivity index (χ4n) is 3.20. The van der Waals surface area contributed by atoms with Gasteiger partial charge in [0.2, 0.25) is 5.90 Å². The first-order valence-corrected chi connectivity index (χ1v) is 12.5. The molecular formula is C24H15ClI2N2O6. The number of nitrogens with zero attached hydrogens (tertiary/aromatic N) is 2. The molecule has 3 aromatic rings. The van der Waals surface area contributed by atoms with Crippen LogP contribution in [0.1, 0.15) is 16.7 Å². The highest BCUT2D eigenvalue weighted by molar-refractivity contribution is 14.1. The van der Waals surface area contributed by atoms with Gasteiger partial charge in [-0.25, -0.2) is 9.79 Å². The van der Waals surface area contributed by atoms with Crippen molar-refractivity contribution in [3.8, 4) is 11.5 Å². The summed E-state index contributed by atoms with van der Waals surface area (Å²) in [5.74, 6) is 0.271. The number of hydrogen-bond acceptors (Lipinski definition) is 7. The van der Waals surface area contributed by atoms with Gasteiger partial charge < -0.3 is 14.2 Å². The van der Waals surface area contributed by atoms with Gasteiger partial charge in [-0.05, 0) is 81.1 Å². The lowest BCUT2D eigenvalue weighted by Crippen LogP contribution is -2.06. The lowest BCUT2D eigenvalue weighted by molar-refractivity contribution is -0.384. The van der Waals surface area contributed by atoms with E-state index in [0.29, 0.717) is 23.7 Å². The second kappa shape index (κ2) is 10.9. The van der Waals surface area contributed by atoms with E-state index in [-0.39, 0.29) is 27.9 Å². The summed E-state index contributed by atoms with van der Waals surface area (Å²) < 4.78 is 18.7. The maximum Gasteiger partial charge on any atom is 0.363 e. The number of nitro groups is 1. The van der Waals surface area contributed by atoms with Crippen LogP contribution in [0.3, 0.4) is 0 Å². The van der Waals surface area contributed by atoms with E-state index in [9.17, 15) is 14.9 Å². The van der Waals surface area contributed by atoms with E-state index in [1.165, 1.54) is 31.4 Å². The number of benzene rings is 3. The average Bonchev–Trinajstić information content (AvgIpc) is 3.18. The number of methoxy groups -OCH3 is 1. The summed E-state index contributed by atoms with van der Waals surface area (Å²) >= 11 is 10.5. The molecule has 0 unspecified atom stereocenters. The molecule has 0 spiro atoms. The van der Waals surface area contributed by atoms with Crippen molar-refractivity contribution in [2.24, 2.45) is 4.99 Å². The minimum Gasteiger partial charge on any atom is -0.493 e. The summed E-state index contributed by atoms with van der Waals surface area (Å²) in [6.07, 6.45) is 1.54. The van der Waals surface area contributed by atoms with Crippen LogP contribution in [0.4, 0.5) is 5.69 Å². The molecule has 0 aromatic heterocycles. The molecule has 0 bridgehead atoms. The molecule has 11 heteroatoms. The van der Waals surface area contributed by atoms with E-state index in [4.69, 9.17) is 25.8 Å². The van der Waals surface area contributed by atoms with Crippen LogP contribution in [0.2, 0.25) is 5.02 Å². The molecule has 0 radical (unpaired) electrons. The number of esters is 1. The van der Waals surface area contributed by atoms with Crippen LogP contribution in [0.15, 0.2) is 65.3 Å². The summed E-state index contributed by atoms with van der Waals surface area (Å²) in [6, 6.07) is 15.3. The summed E-state index contributed by atoms with van der Waals surface area (Å²) in [6.45, 7) is 0.371. The maximum atomic E-state index is 12.4. The van der Waals surface area contributed by atoms with E-state index < -0.39 is 10.9 Å². The molecule has 0 saturated heterocycles. The van der Waals surface area contributed by atoms with Gasteiger partial charge in [0, 0.05) is 21.3 Å². The van der Waals surface area contributed by atoms with Crippen LogP contribution < -0.4 is 9.47 Å². The second-order valence-corrected chi connectivity index (χ2v) is 9.90. The predicted octanol–water partition coefficient (Wildman–Crippen LogP) is 6.39. The predicted molar refractivity (Wildman–Crippen MR) is 148 cm³/mol. The number of carbonyl (C=O) groups excluding carboxylic acids is 1. The molecule has 1 heterocycles. The highest BCUT2D eigenvalue weighted by Gasteiger charge is 2.27. The molecule has 8 nitrogen and oxygen atoms in total. The average molecular weight is 717 g/mol. The molecular weight excluding hydrogens is 702 g/mol. The Morgan fingerprint density at radius 2 is 1.91 bits per heavy atom. The van der Waals surface area contributed by atoms with Crippen LogP contribution >= 0.6 is 56.8 Å². The van der Waals surface area contributed by atoms with Crippen LogP contribution in [0.25, 0.3) is 6.08 Å². The van der Waals surface area contributed by atoms with Gasteiger partial charge >= 0.3 is 5.97 Å². The molecule has 1 aliphatic heterocycles. The molecule has 0 aliphatic carbocycles. The lowest BCUT2D eigenvalue weighted by Gasteiger charge is -2.14. The number of hydrogen-bond donors (Lipinski definition) is 0. The molecule has 178 valence electrons.